The third kappa shape index (κ3) is 5.54. The van der Waals surface area contributed by atoms with Crippen molar-refractivity contribution in [2.45, 2.75) is 45.8 Å². The Hall–Kier alpha value is -3.86. The Morgan fingerprint density at radius 1 is 1.03 bits per heavy atom. The molecule has 0 saturated carbocycles. The van der Waals surface area contributed by atoms with Gasteiger partial charge in [-0.25, -0.2) is 0 Å². The lowest BCUT2D eigenvalue weighted by atomic mass is 9.93. The summed E-state index contributed by atoms with van der Waals surface area (Å²) in [4.78, 5) is 26.0. The summed E-state index contributed by atoms with van der Waals surface area (Å²) in [5.74, 6) is 1.06. The van der Waals surface area contributed by atoms with E-state index in [4.69, 9.17) is 9.47 Å². The number of Topliss-reactive ketones (excluding diaryl/α,β-unsaturated/α-hetero) is 1. The van der Waals surface area contributed by atoms with E-state index in [1.54, 1.807) is 18.2 Å². The minimum absolute atomic E-state index is 0.00452. The van der Waals surface area contributed by atoms with E-state index < -0.39 is 5.60 Å². The molecule has 1 heterocycles. The van der Waals surface area contributed by atoms with Gasteiger partial charge < -0.3 is 14.8 Å². The minimum Gasteiger partial charge on any atom is -0.491 e. The molecule has 3 aromatic rings. The van der Waals surface area contributed by atoms with E-state index in [1.165, 1.54) is 0 Å². The summed E-state index contributed by atoms with van der Waals surface area (Å²) in [7, 11) is 0. The van der Waals surface area contributed by atoms with Crippen molar-refractivity contribution in [1.82, 2.24) is 0 Å². The van der Waals surface area contributed by atoms with E-state index in [0.29, 0.717) is 29.0 Å². The van der Waals surface area contributed by atoms with Crippen LogP contribution in [0.3, 0.4) is 0 Å². The van der Waals surface area contributed by atoms with Gasteiger partial charge in [0.25, 0.3) is 5.91 Å². The van der Waals surface area contributed by atoms with E-state index in [-0.39, 0.29) is 17.8 Å². The number of hydrogen-bond acceptors (Lipinski definition) is 4. The highest BCUT2D eigenvalue weighted by Crippen LogP contribution is 2.35. The summed E-state index contributed by atoms with van der Waals surface area (Å²) >= 11 is 0. The molecule has 0 fully saturated rings. The molecule has 5 heteroatoms. The summed E-state index contributed by atoms with van der Waals surface area (Å²) in [6.45, 7) is 7.74. The Morgan fingerprint density at radius 2 is 1.74 bits per heavy atom. The van der Waals surface area contributed by atoms with Crippen molar-refractivity contribution in [1.29, 1.82) is 0 Å². The average Bonchev–Trinajstić information content (AvgIpc) is 2.78. The Balaban J connectivity index is 1.62. The number of ketones is 1. The lowest BCUT2D eigenvalue weighted by Crippen LogP contribution is -2.35. The molecule has 0 aliphatic carbocycles. The zero-order chi connectivity index (χ0) is 24.3. The fourth-order valence-corrected chi connectivity index (χ4v) is 3.91. The minimum atomic E-state index is -0.534. The SMILES string of the molecule is CC(C)Oc1ccc(/C=C(/C(=O)Nc2ccc3c(c2)C(=O)CC(C)(C)O3)c2ccccc2)cc1. The molecule has 174 valence electrons. The van der Waals surface area contributed by atoms with Gasteiger partial charge in [0.1, 0.15) is 17.1 Å². The van der Waals surface area contributed by atoms with Crippen molar-refractivity contribution >= 4 is 29.0 Å². The number of carbonyl (C=O) groups excluding carboxylic acids is 2. The summed E-state index contributed by atoms with van der Waals surface area (Å²) in [5.41, 5.74) is 2.68. The first-order valence-corrected chi connectivity index (χ1v) is 11.4. The predicted octanol–water partition coefficient (Wildman–Crippen LogP) is 6.40. The first-order valence-electron chi connectivity index (χ1n) is 11.4. The maximum Gasteiger partial charge on any atom is 0.256 e. The highest BCUT2D eigenvalue weighted by molar-refractivity contribution is 6.29. The molecule has 1 amide bonds. The van der Waals surface area contributed by atoms with Crippen molar-refractivity contribution in [2.24, 2.45) is 0 Å². The molecule has 0 bridgehead atoms. The van der Waals surface area contributed by atoms with Crippen molar-refractivity contribution < 1.29 is 19.1 Å². The smallest absolute Gasteiger partial charge is 0.256 e. The van der Waals surface area contributed by atoms with E-state index in [2.05, 4.69) is 5.32 Å². The molecule has 1 N–H and O–H groups in total. The van der Waals surface area contributed by atoms with Crippen LogP contribution >= 0.6 is 0 Å². The molecule has 0 atom stereocenters. The van der Waals surface area contributed by atoms with Gasteiger partial charge in [0.2, 0.25) is 0 Å². The molecule has 0 saturated heterocycles. The largest absolute Gasteiger partial charge is 0.491 e. The first-order chi connectivity index (χ1) is 16.2. The third-order valence-corrected chi connectivity index (χ3v) is 5.40. The number of carbonyl (C=O) groups is 2. The number of amides is 1. The fourth-order valence-electron chi connectivity index (χ4n) is 3.91. The molecular weight excluding hydrogens is 426 g/mol. The van der Waals surface area contributed by atoms with Crippen LogP contribution in [0.25, 0.3) is 11.6 Å². The zero-order valence-corrected chi connectivity index (χ0v) is 19.9. The third-order valence-electron chi connectivity index (χ3n) is 5.40. The van der Waals surface area contributed by atoms with Crippen molar-refractivity contribution in [3.63, 3.8) is 0 Å². The summed E-state index contributed by atoms with van der Waals surface area (Å²) < 4.78 is 11.6. The Labute approximate surface area is 200 Å². The molecule has 4 rings (SSSR count). The molecule has 3 aromatic carbocycles. The average molecular weight is 456 g/mol. The normalized spacial score (nSPS) is 14.9. The number of anilines is 1. The highest BCUT2D eigenvalue weighted by Gasteiger charge is 2.32. The van der Waals surface area contributed by atoms with Crippen LogP contribution in [0, 0.1) is 0 Å². The van der Waals surface area contributed by atoms with Crippen molar-refractivity contribution in [2.75, 3.05) is 5.32 Å². The lowest BCUT2D eigenvalue weighted by Gasteiger charge is -2.31. The van der Waals surface area contributed by atoms with Crippen LogP contribution < -0.4 is 14.8 Å². The molecular formula is C29H29NO4. The van der Waals surface area contributed by atoms with Gasteiger partial charge in [-0.3, -0.25) is 9.59 Å². The Kier molecular flexibility index (Phi) is 6.55. The number of benzene rings is 3. The van der Waals surface area contributed by atoms with Crippen LogP contribution in [0.5, 0.6) is 11.5 Å². The zero-order valence-electron chi connectivity index (χ0n) is 19.9. The first kappa shape index (κ1) is 23.3. The van der Waals surface area contributed by atoms with E-state index in [0.717, 1.165) is 16.9 Å². The molecule has 1 aliphatic rings. The van der Waals surface area contributed by atoms with Crippen LogP contribution in [-0.4, -0.2) is 23.4 Å². The van der Waals surface area contributed by atoms with Gasteiger partial charge in [-0.05, 0) is 75.2 Å². The second-order valence-corrected chi connectivity index (χ2v) is 9.29. The Bertz CT molecular complexity index is 1220. The molecule has 0 spiro atoms. The molecule has 0 unspecified atom stereocenters. The lowest BCUT2D eigenvalue weighted by molar-refractivity contribution is -0.111. The standard InChI is InChI=1S/C29H29NO4/c1-19(2)33-23-13-10-20(11-14-23)16-24(21-8-6-5-7-9-21)28(32)30-22-12-15-27-25(17-22)26(31)18-29(3,4)34-27/h5-17,19H,18H2,1-4H3,(H,30,32)/b24-16+. The van der Waals surface area contributed by atoms with Crippen molar-refractivity contribution in [3.8, 4) is 11.5 Å². The predicted molar refractivity (Wildman–Crippen MR) is 135 cm³/mol. The number of nitrogens with one attached hydrogen (secondary N) is 1. The van der Waals surface area contributed by atoms with Gasteiger partial charge in [0.05, 0.1) is 18.1 Å². The number of ether oxygens (including phenoxy) is 2. The second kappa shape index (κ2) is 9.56. The van der Waals surface area contributed by atoms with Gasteiger partial charge in [0, 0.05) is 11.3 Å². The van der Waals surface area contributed by atoms with Crippen LogP contribution in [0.4, 0.5) is 5.69 Å². The number of fused-ring (bicyclic) bond motifs is 1. The van der Waals surface area contributed by atoms with Crippen LogP contribution in [-0.2, 0) is 4.79 Å². The quantitative estimate of drug-likeness (QED) is 0.345. The van der Waals surface area contributed by atoms with Gasteiger partial charge in [-0.2, -0.15) is 0 Å². The van der Waals surface area contributed by atoms with Crippen LogP contribution in [0.1, 0.15) is 55.6 Å². The molecule has 5 nitrogen and oxygen atoms in total. The van der Waals surface area contributed by atoms with Gasteiger partial charge >= 0.3 is 0 Å². The maximum atomic E-state index is 13.4. The maximum absolute atomic E-state index is 13.4. The molecule has 34 heavy (non-hydrogen) atoms. The van der Waals surface area contributed by atoms with E-state index in [9.17, 15) is 9.59 Å². The number of hydrogen-bond donors (Lipinski definition) is 1. The van der Waals surface area contributed by atoms with Gasteiger partial charge in [-0.1, -0.05) is 42.5 Å². The van der Waals surface area contributed by atoms with Gasteiger partial charge in [0.15, 0.2) is 5.78 Å². The van der Waals surface area contributed by atoms with Crippen LogP contribution in [0.2, 0.25) is 0 Å². The van der Waals surface area contributed by atoms with E-state index in [1.807, 2.05) is 88.4 Å². The summed E-state index contributed by atoms with van der Waals surface area (Å²) in [5, 5.41) is 2.95. The second-order valence-electron chi connectivity index (χ2n) is 9.29. The number of rotatable bonds is 6. The molecule has 0 aromatic heterocycles. The molecule has 0 radical (unpaired) electrons. The Morgan fingerprint density at radius 3 is 2.41 bits per heavy atom. The summed E-state index contributed by atoms with van der Waals surface area (Å²) in [6.07, 6.45) is 2.23. The van der Waals surface area contributed by atoms with Crippen molar-refractivity contribution in [3.05, 3.63) is 89.5 Å². The topological polar surface area (TPSA) is 64.6 Å². The van der Waals surface area contributed by atoms with Gasteiger partial charge in [-0.15, -0.1) is 0 Å². The van der Waals surface area contributed by atoms with E-state index >= 15 is 0 Å². The highest BCUT2D eigenvalue weighted by atomic mass is 16.5. The monoisotopic (exact) mass is 455 g/mol. The summed E-state index contributed by atoms with van der Waals surface area (Å²) in [6, 6.07) is 22.3. The molecule has 1 aliphatic heterocycles. The van der Waals surface area contributed by atoms with Crippen LogP contribution in [0.15, 0.2) is 72.8 Å². The fraction of sp³-hybridized carbons (Fsp3) is 0.241.